The number of aromatic amines is 1. The minimum Gasteiger partial charge on any atom is -0.397 e. The van der Waals surface area contributed by atoms with Gasteiger partial charge >= 0.3 is 0 Å². The summed E-state index contributed by atoms with van der Waals surface area (Å²) < 4.78 is 2.04. The van der Waals surface area contributed by atoms with Crippen molar-refractivity contribution in [1.82, 2.24) is 9.97 Å². The van der Waals surface area contributed by atoms with Crippen molar-refractivity contribution in [2.45, 2.75) is 13.3 Å². The van der Waals surface area contributed by atoms with Crippen molar-refractivity contribution in [2.75, 3.05) is 11.5 Å². The molecule has 0 atom stereocenters. The van der Waals surface area contributed by atoms with Crippen LogP contribution in [0.5, 0.6) is 0 Å². The number of nitrogens with one attached hydrogen (secondary N) is 1. The summed E-state index contributed by atoms with van der Waals surface area (Å²) in [5.74, 6) is 1.04. The molecular formula is C15H16Br2N4. The van der Waals surface area contributed by atoms with Gasteiger partial charge in [-0.1, -0.05) is 38.8 Å². The lowest BCUT2D eigenvalue weighted by molar-refractivity contribution is 1.00. The predicted octanol–water partition coefficient (Wildman–Crippen LogP) is 4.50. The Balaban J connectivity index is 0.000000161. The number of anilines is 2. The van der Waals surface area contributed by atoms with E-state index in [9.17, 15) is 0 Å². The standard InChI is InChI=1S/C9H9BrN2.C6H7BrN2/c1-2-9-11-7-4-3-6(10)5-8(7)12-9;7-4-1-2-5(8)6(9)3-4/h3-5H,2H2,1H3,(H,11,12);1-3H,8-9H2. The highest BCUT2D eigenvalue weighted by molar-refractivity contribution is 9.10. The van der Waals surface area contributed by atoms with Crippen LogP contribution in [-0.2, 0) is 6.42 Å². The first-order valence-electron chi connectivity index (χ1n) is 6.44. The van der Waals surface area contributed by atoms with Crippen LogP contribution >= 0.6 is 31.9 Å². The Hall–Kier alpha value is -1.53. The third-order valence-electron chi connectivity index (χ3n) is 2.88. The maximum Gasteiger partial charge on any atom is 0.106 e. The zero-order chi connectivity index (χ0) is 15.4. The Labute approximate surface area is 140 Å². The molecule has 0 saturated heterocycles. The van der Waals surface area contributed by atoms with Gasteiger partial charge in [0, 0.05) is 15.4 Å². The molecule has 0 aliphatic rings. The highest BCUT2D eigenvalue weighted by Crippen LogP contribution is 2.19. The van der Waals surface area contributed by atoms with E-state index in [1.54, 1.807) is 12.1 Å². The second kappa shape index (κ2) is 6.95. The van der Waals surface area contributed by atoms with Crippen LogP contribution in [0.15, 0.2) is 45.3 Å². The largest absolute Gasteiger partial charge is 0.397 e. The van der Waals surface area contributed by atoms with Crippen LogP contribution in [0.25, 0.3) is 11.0 Å². The summed E-state index contributed by atoms with van der Waals surface area (Å²) in [6.07, 6.45) is 0.951. The number of nitrogens with zero attached hydrogens (tertiary/aromatic N) is 1. The molecule has 3 rings (SSSR count). The lowest BCUT2D eigenvalue weighted by Gasteiger charge is -1.97. The second-order valence-corrected chi connectivity index (χ2v) is 6.30. The minimum atomic E-state index is 0.615. The molecule has 0 amide bonds. The van der Waals surface area contributed by atoms with Crippen molar-refractivity contribution in [2.24, 2.45) is 0 Å². The van der Waals surface area contributed by atoms with Gasteiger partial charge in [0.15, 0.2) is 0 Å². The molecule has 5 N–H and O–H groups in total. The summed E-state index contributed by atoms with van der Waals surface area (Å²) >= 11 is 6.68. The third kappa shape index (κ3) is 4.22. The summed E-state index contributed by atoms with van der Waals surface area (Å²) in [5.41, 5.74) is 14.3. The topological polar surface area (TPSA) is 80.7 Å². The first kappa shape index (κ1) is 15.9. The molecular weight excluding hydrogens is 396 g/mol. The summed E-state index contributed by atoms with van der Waals surface area (Å²) in [7, 11) is 0. The SMILES string of the molecule is CCc1nc2ccc(Br)cc2[nH]1.Nc1ccc(Br)cc1N. The summed E-state index contributed by atoms with van der Waals surface area (Å²) in [5, 5.41) is 0. The molecule has 2 aromatic carbocycles. The van der Waals surface area contributed by atoms with Crippen molar-refractivity contribution in [3.8, 4) is 0 Å². The molecule has 0 spiro atoms. The number of nitrogens with two attached hydrogens (primary N) is 2. The summed E-state index contributed by atoms with van der Waals surface area (Å²) in [6, 6.07) is 11.4. The van der Waals surface area contributed by atoms with Gasteiger partial charge in [0.25, 0.3) is 0 Å². The number of H-pyrrole nitrogens is 1. The third-order valence-corrected chi connectivity index (χ3v) is 3.86. The van der Waals surface area contributed by atoms with Crippen molar-refractivity contribution < 1.29 is 0 Å². The molecule has 4 nitrogen and oxygen atoms in total. The maximum atomic E-state index is 5.47. The predicted molar refractivity (Wildman–Crippen MR) is 96.1 cm³/mol. The number of aromatic nitrogens is 2. The highest BCUT2D eigenvalue weighted by atomic mass is 79.9. The molecule has 110 valence electrons. The molecule has 21 heavy (non-hydrogen) atoms. The highest BCUT2D eigenvalue weighted by Gasteiger charge is 1.99. The van der Waals surface area contributed by atoms with Crippen LogP contribution in [-0.4, -0.2) is 9.97 Å². The molecule has 0 aliphatic heterocycles. The molecule has 0 unspecified atom stereocenters. The summed E-state index contributed by atoms with van der Waals surface area (Å²) in [6.45, 7) is 2.09. The quantitative estimate of drug-likeness (QED) is 0.515. The normalized spacial score (nSPS) is 10.2. The van der Waals surface area contributed by atoms with Gasteiger partial charge in [-0.25, -0.2) is 4.98 Å². The maximum absolute atomic E-state index is 5.47. The van der Waals surface area contributed by atoms with E-state index >= 15 is 0 Å². The van der Waals surface area contributed by atoms with Crippen molar-refractivity contribution >= 4 is 54.3 Å². The lowest BCUT2D eigenvalue weighted by atomic mass is 10.3. The van der Waals surface area contributed by atoms with Crippen LogP contribution in [0.2, 0.25) is 0 Å². The monoisotopic (exact) mass is 410 g/mol. The fraction of sp³-hybridized carbons (Fsp3) is 0.133. The molecule has 6 heteroatoms. The molecule has 0 aliphatic carbocycles. The molecule has 0 bridgehead atoms. The Morgan fingerprint density at radius 3 is 2.29 bits per heavy atom. The fourth-order valence-corrected chi connectivity index (χ4v) is 2.49. The number of benzene rings is 2. The number of hydrogen-bond acceptors (Lipinski definition) is 3. The average Bonchev–Trinajstić information content (AvgIpc) is 2.86. The van der Waals surface area contributed by atoms with E-state index in [1.807, 2.05) is 24.3 Å². The van der Waals surface area contributed by atoms with Gasteiger partial charge in [-0.05, 0) is 36.4 Å². The lowest BCUT2D eigenvalue weighted by Crippen LogP contribution is -1.92. The van der Waals surface area contributed by atoms with Gasteiger partial charge in [-0.2, -0.15) is 0 Å². The zero-order valence-electron chi connectivity index (χ0n) is 11.5. The van der Waals surface area contributed by atoms with E-state index in [0.29, 0.717) is 11.4 Å². The van der Waals surface area contributed by atoms with Gasteiger partial charge in [0.2, 0.25) is 0 Å². The van der Waals surface area contributed by atoms with Crippen LogP contribution in [0.1, 0.15) is 12.7 Å². The van der Waals surface area contributed by atoms with E-state index in [1.165, 1.54) is 0 Å². The number of halogens is 2. The Morgan fingerprint density at radius 1 is 1.00 bits per heavy atom. The Bertz CT molecular complexity index is 753. The molecule has 3 aromatic rings. The zero-order valence-corrected chi connectivity index (χ0v) is 14.7. The van der Waals surface area contributed by atoms with Gasteiger partial charge in [-0.3, -0.25) is 0 Å². The number of nitrogen functional groups attached to an aromatic ring is 2. The van der Waals surface area contributed by atoms with Crippen molar-refractivity contribution in [3.63, 3.8) is 0 Å². The molecule has 0 saturated carbocycles. The summed E-state index contributed by atoms with van der Waals surface area (Å²) in [4.78, 5) is 7.64. The second-order valence-electron chi connectivity index (χ2n) is 4.47. The van der Waals surface area contributed by atoms with E-state index in [0.717, 1.165) is 32.2 Å². The van der Waals surface area contributed by atoms with Crippen molar-refractivity contribution in [1.29, 1.82) is 0 Å². The molecule has 0 radical (unpaired) electrons. The van der Waals surface area contributed by atoms with Crippen LogP contribution < -0.4 is 11.5 Å². The molecule has 0 fully saturated rings. The Kier molecular flexibility index (Phi) is 5.25. The number of hydrogen-bond donors (Lipinski definition) is 3. The first-order chi connectivity index (χ1) is 9.99. The fourth-order valence-electron chi connectivity index (χ4n) is 1.75. The Morgan fingerprint density at radius 2 is 1.67 bits per heavy atom. The van der Waals surface area contributed by atoms with E-state index in [2.05, 4.69) is 48.8 Å². The van der Waals surface area contributed by atoms with Gasteiger partial charge in [-0.15, -0.1) is 0 Å². The number of aryl methyl sites for hydroxylation is 1. The van der Waals surface area contributed by atoms with E-state index < -0.39 is 0 Å². The van der Waals surface area contributed by atoms with Crippen LogP contribution in [0, 0.1) is 0 Å². The average molecular weight is 412 g/mol. The minimum absolute atomic E-state index is 0.615. The van der Waals surface area contributed by atoms with E-state index in [4.69, 9.17) is 11.5 Å². The van der Waals surface area contributed by atoms with Gasteiger partial charge < -0.3 is 16.5 Å². The number of rotatable bonds is 1. The van der Waals surface area contributed by atoms with Crippen molar-refractivity contribution in [3.05, 3.63) is 51.2 Å². The van der Waals surface area contributed by atoms with Gasteiger partial charge in [0.05, 0.1) is 22.4 Å². The van der Waals surface area contributed by atoms with Crippen LogP contribution in [0.4, 0.5) is 11.4 Å². The first-order valence-corrected chi connectivity index (χ1v) is 8.03. The smallest absolute Gasteiger partial charge is 0.106 e. The molecule has 1 aromatic heterocycles. The number of fused-ring (bicyclic) bond motifs is 1. The van der Waals surface area contributed by atoms with E-state index in [-0.39, 0.29) is 0 Å². The van der Waals surface area contributed by atoms with Crippen LogP contribution in [0.3, 0.4) is 0 Å². The van der Waals surface area contributed by atoms with Gasteiger partial charge in [0.1, 0.15) is 5.82 Å². The number of imidazole rings is 1. The molecule has 1 heterocycles.